The Hall–Kier alpha value is -1.43. The van der Waals surface area contributed by atoms with Crippen LogP contribution in [-0.4, -0.2) is 64.0 Å². The van der Waals surface area contributed by atoms with Crippen LogP contribution < -0.4 is 20.1 Å². The fourth-order valence-corrected chi connectivity index (χ4v) is 3.21. The van der Waals surface area contributed by atoms with Gasteiger partial charge in [0.1, 0.15) is 0 Å². The summed E-state index contributed by atoms with van der Waals surface area (Å²) in [6, 6.07) is 5.62. The lowest BCUT2D eigenvalue weighted by Crippen LogP contribution is -2.40. The number of ether oxygens (including phenoxy) is 2. The van der Waals surface area contributed by atoms with E-state index in [4.69, 9.17) is 9.47 Å². The lowest BCUT2D eigenvalue weighted by Gasteiger charge is -2.18. The maximum Gasteiger partial charge on any atom is 0.401 e. The minimum atomic E-state index is -4.14. The van der Waals surface area contributed by atoms with Crippen molar-refractivity contribution in [3.8, 4) is 11.5 Å². The molecule has 0 aliphatic carbocycles. The number of halogens is 4. The third kappa shape index (κ3) is 8.85. The van der Waals surface area contributed by atoms with Gasteiger partial charge in [-0.05, 0) is 43.5 Å². The molecule has 1 aromatic rings. The Morgan fingerprint density at radius 2 is 1.93 bits per heavy atom. The van der Waals surface area contributed by atoms with Gasteiger partial charge in [0.2, 0.25) is 0 Å². The molecular formula is C19H30F3IN4O2. The highest BCUT2D eigenvalue weighted by Gasteiger charge is 2.34. The summed E-state index contributed by atoms with van der Waals surface area (Å²) in [5.74, 6) is 2.12. The first-order valence-corrected chi connectivity index (χ1v) is 9.36. The number of methoxy groups -OCH3 is 2. The molecule has 0 aromatic heterocycles. The Bertz CT molecular complexity index is 659. The molecule has 1 aliphatic heterocycles. The Morgan fingerprint density at radius 3 is 2.55 bits per heavy atom. The van der Waals surface area contributed by atoms with E-state index < -0.39 is 12.7 Å². The number of likely N-dealkylation sites (tertiary alicyclic amines) is 1. The molecule has 1 aromatic carbocycles. The van der Waals surface area contributed by atoms with Crippen LogP contribution in [0.3, 0.4) is 0 Å². The third-order valence-corrected chi connectivity index (χ3v) is 4.54. The predicted octanol–water partition coefficient (Wildman–Crippen LogP) is 3.26. The van der Waals surface area contributed by atoms with Gasteiger partial charge < -0.3 is 20.1 Å². The van der Waals surface area contributed by atoms with Crippen LogP contribution in [0.15, 0.2) is 23.2 Å². The third-order valence-electron chi connectivity index (χ3n) is 4.54. The highest BCUT2D eigenvalue weighted by Crippen LogP contribution is 2.27. The molecule has 2 N–H and O–H groups in total. The van der Waals surface area contributed by atoms with Crippen molar-refractivity contribution in [2.75, 3.05) is 46.9 Å². The van der Waals surface area contributed by atoms with Crippen molar-refractivity contribution < 1.29 is 22.6 Å². The molecule has 1 fully saturated rings. The molecular weight excluding hydrogens is 500 g/mol. The number of hydrogen-bond acceptors (Lipinski definition) is 4. The first-order chi connectivity index (χ1) is 13.3. The highest BCUT2D eigenvalue weighted by molar-refractivity contribution is 14.0. The van der Waals surface area contributed by atoms with E-state index >= 15 is 0 Å². The van der Waals surface area contributed by atoms with Gasteiger partial charge in [-0.1, -0.05) is 6.07 Å². The Labute approximate surface area is 187 Å². The van der Waals surface area contributed by atoms with Crippen LogP contribution in [0.2, 0.25) is 0 Å². The van der Waals surface area contributed by atoms with E-state index in [1.165, 1.54) is 4.90 Å². The van der Waals surface area contributed by atoms with Crippen molar-refractivity contribution >= 4 is 29.9 Å². The van der Waals surface area contributed by atoms with Crippen LogP contribution in [0.4, 0.5) is 13.2 Å². The minimum Gasteiger partial charge on any atom is -0.493 e. The minimum absolute atomic E-state index is 0. The summed E-state index contributed by atoms with van der Waals surface area (Å²) < 4.78 is 48.1. The van der Waals surface area contributed by atoms with E-state index in [9.17, 15) is 13.2 Å². The number of alkyl halides is 3. The van der Waals surface area contributed by atoms with E-state index in [-0.39, 0.29) is 29.9 Å². The van der Waals surface area contributed by atoms with Gasteiger partial charge in [-0.2, -0.15) is 13.2 Å². The quantitative estimate of drug-likeness (QED) is 0.307. The van der Waals surface area contributed by atoms with E-state index in [1.54, 1.807) is 14.2 Å². The molecule has 1 unspecified atom stereocenters. The molecule has 0 amide bonds. The van der Waals surface area contributed by atoms with Crippen molar-refractivity contribution in [1.29, 1.82) is 0 Å². The molecule has 6 nitrogen and oxygen atoms in total. The van der Waals surface area contributed by atoms with Gasteiger partial charge >= 0.3 is 6.18 Å². The fourth-order valence-electron chi connectivity index (χ4n) is 3.21. The van der Waals surface area contributed by atoms with Crippen molar-refractivity contribution in [3.63, 3.8) is 0 Å². The molecule has 0 bridgehead atoms. The zero-order valence-corrected chi connectivity index (χ0v) is 19.3. The van der Waals surface area contributed by atoms with Crippen molar-refractivity contribution in [2.24, 2.45) is 10.9 Å². The van der Waals surface area contributed by atoms with Crippen LogP contribution in [0.25, 0.3) is 0 Å². The SMILES string of the molecule is CCNC(=NCc1ccc(OC)c(OC)c1)NCC1CCN(CC(F)(F)F)C1.I. The average molecular weight is 530 g/mol. The Balaban J connectivity index is 0.00000420. The summed E-state index contributed by atoms with van der Waals surface area (Å²) in [6.45, 7) is 3.79. The van der Waals surface area contributed by atoms with Gasteiger partial charge in [0.15, 0.2) is 17.5 Å². The molecule has 10 heteroatoms. The van der Waals surface area contributed by atoms with E-state index in [0.717, 1.165) is 12.0 Å². The molecule has 1 heterocycles. The highest BCUT2D eigenvalue weighted by atomic mass is 127. The standard InChI is InChI=1S/C19H29F3N4O2.HI/c1-4-23-18(24-10-14-5-6-16(27-2)17(9-14)28-3)25-11-15-7-8-26(12-15)13-19(20,21)22;/h5-6,9,15H,4,7-8,10-13H2,1-3H3,(H2,23,24,25);1H. The molecule has 0 radical (unpaired) electrons. The van der Waals surface area contributed by atoms with Gasteiger partial charge in [-0.25, -0.2) is 4.99 Å². The Morgan fingerprint density at radius 1 is 1.21 bits per heavy atom. The molecule has 1 atom stereocenters. The maximum absolute atomic E-state index is 12.5. The van der Waals surface area contributed by atoms with Crippen molar-refractivity contribution in [3.05, 3.63) is 23.8 Å². The molecule has 1 saturated heterocycles. The summed E-state index contributed by atoms with van der Waals surface area (Å²) in [4.78, 5) is 6.02. The first kappa shape index (κ1) is 25.6. The van der Waals surface area contributed by atoms with E-state index in [1.807, 2.05) is 25.1 Å². The predicted molar refractivity (Wildman–Crippen MR) is 118 cm³/mol. The van der Waals surface area contributed by atoms with E-state index in [0.29, 0.717) is 50.2 Å². The number of rotatable bonds is 8. The Kier molecular flexibility index (Phi) is 10.9. The summed E-state index contributed by atoms with van der Waals surface area (Å²) in [5, 5.41) is 6.41. The second-order valence-electron chi connectivity index (χ2n) is 6.77. The molecule has 0 saturated carbocycles. The van der Waals surface area contributed by atoms with Crippen LogP contribution >= 0.6 is 24.0 Å². The van der Waals surface area contributed by atoms with Gasteiger partial charge in [-0.15, -0.1) is 24.0 Å². The number of aliphatic imine (C=N–C) groups is 1. The maximum atomic E-state index is 12.5. The summed E-state index contributed by atoms with van der Waals surface area (Å²) in [7, 11) is 3.17. The molecule has 1 aliphatic rings. The van der Waals surface area contributed by atoms with Gasteiger partial charge in [-0.3, -0.25) is 4.90 Å². The zero-order chi connectivity index (χ0) is 20.6. The number of guanidine groups is 1. The second-order valence-corrected chi connectivity index (χ2v) is 6.77. The monoisotopic (exact) mass is 530 g/mol. The zero-order valence-electron chi connectivity index (χ0n) is 17.0. The largest absolute Gasteiger partial charge is 0.493 e. The molecule has 2 rings (SSSR count). The van der Waals surface area contributed by atoms with Crippen LogP contribution in [0.5, 0.6) is 11.5 Å². The van der Waals surface area contributed by atoms with Gasteiger partial charge in [0.05, 0.1) is 27.3 Å². The number of nitrogens with one attached hydrogen (secondary N) is 2. The van der Waals surface area contributed by atoms with Crippen molar-refractivity contribution in [2.45, 2.75) is 26.1 Å². The normalized spacial score (nSPS) is 17.6. The number of benzene rings is 1. The smallest absolute Gasteiger partial charge is 0.401 e. The topological polar surface area (TPSA) is 58.1 Å². The summed E-state index contributed by atoms with van der Waals surface area (Å²) in [5.41, 5.74) is 0.965. The lowest BCUT2D eigenvalue weighted by molar-refractivity contribution is -0.143. The molecule has 0 spiro atoms. The summed E-state index contributed by atoms with van der Waals surface area (Å²) in [6.07, 6.45) is -3.39. The van der Waals surface area contributed by atoms with Crippen LogP contribution in [0.1, 0.15) is 18.9 Å². The van der Waals surface area contributed by atoms with Crippen LogP contribution in [-0.2, 0) is 6.54 Å². The fraction of sp³-hybridized carbons (Fsp3) is 0.632. The van der Waals surface area contributed by atoms with Crippen molar-refractivity contribution in [1.82, 2.24) is 15.5 Å². The second kappa shape index (κ2) is 12.3. The lowest BCUT2D eigenvalue weighted by atomic mass is 10.1. The number of nitrogens with zero attached hydrogens (tertiary/aromatic N) is 2. The molecule has 29 heavy (non-hydrogen) atoms. The average Bonchev–Trinajstić information content (AvgIpc) is 3.09. The summed E-state index contributed by atoms with van der Waals surface area (Å²) >= 11 is 0. The van der Waals surface area contributed by atoms with Gasteiger partial charge in [0, 0.05) is 19.6 Å². The molecule has 166 valence electrons. The number of hydrogen-bond donors (Lipinski definition) is 2. The van der Waals surface area contributed by atoms with E-state index in [2.05, 4.69) is 15.6 Å². The van der Waals surface area contributed by atoms with Gasteiger partial charge in [0.25, 0.3) is 0 Å². The van der Waals surface area contributed by atoms with Crippen LogP contribution in [0, 0.1) is 5.92 Å². The first-order valence-electron chi connectivity index (χ1n) is 9.36.